The molecular weight excluding hydrogens is 450 g/mol. The highest BCUT2D eigenvalue weighted by molar-refractivity contribution is 5.94. The van der Waals surface area contributed by atoms with Gasteiger partial charge in [0.2, 0.25) is 5.88 Å². The number of nitrogens with two attached hydrogens (primary N) is 1. The number of carbonyl (C=O) groups excluding carboxylic acids is 1. The molecule has 1 heterocycles. The fourth-order valence-corrected chi connectivity index (χ4v) is 3.22. The molecule has 0 saturated carbocycles. The van der Waals surface area contributed by atoms with E-state index in [1.54, 1.807) is 0 Å². The number of alkyl halides is 6. The van der Waals surface area contributed by atoms with Crippen LogP contribution in [0.5, 0.6) is 0 Å². The molecule has 10 heteroatoms. The van der Waals surface area contributed by atoms with Gasteiger partial charge in [-0.3, -0.25) is 4.79 Å². The fraction of sp³-hybridized carbons (Fsp3) is 0.565. The average molecular weight is 480 g/mol. The normalized spacial score (nSPS) is 13.8. The number of Topliss-reactive ketones (excluding diaryl/α,β-unsaturated/α-hetero) is 1. The van der Waals surface area contributed by atoms with Gasteiger partial charge in [0.1, 0.15) is 0 Å². The van der Waals surface area contributed by atoms with E-state index in [0.29, 0.717) is 11.8 Å². The third-order valence-electron chi connectivity index (χ3n) is 5.34. The lowest BCUT2D eigenvalue weighted by atomic mass is 9.90. The first kappa shape index (κ1) is 28.5. The molecule has 1 aromatic carbocycles. The Bertz CT molecular complexity index is 890. The smallest absolute Gasteiger partial charge is 0.368 e. The Hall–Kier alpha value is -2.52. The molecule has 0 amide bonds. The summed E-state index contributed by atoms with van der Waals surface area (Å²) in [5, 5.41) is 4.04. The molecule has 2 unspecified atom stereocenters. The number of nitrogen functional groups attached to an aromatic ring is 1. The molecule has 0 aliphatic rings. The highest BCUT2D eigenvalue weighted by Crippen LogP contribution is 2.40. The van der Waals surface area contributed by atoms with Crippen molar-refractivity contribution in [3.8, 4) is 0 Å². The van der Waals surface area contributed by atoms with Crippen LogP contribution in [0, 0.1) is 5.92 Å². The molecule has 2 rings (SSSR count). The Morgan fingerprint density at radius 3 is 2.03 bits per heavy atom. The predicted molar refractivity (Wildman–Crippen MR) is 114 cm³/mol. The van der Waals surface area contributed by atoms with E-state index in [1.165, 1.54) is 32.1 Å². The largest absolute Gasteiger partial charge is 0.417 e. The summed E-state index contributed by atoms with van der Waals surface area (Å²) in [5.74, 6) is 1.01. The number of aromatic nitrogens is 1. The number of halogens is 6. The quantitative estimate of drug-likeness (QED) is 0.308. The van der Waals surface area contributed by atoms with Crippen LogP contribution in [0.15, 0.2) is 28.8 Å². The summed E-state index contributed by atoms with van der Waals surface area (Å²) in [6.45, 7) is 7.73. The second-order valence-corrected chi connectivity index (χ2v) is 8.04. The van der Waals surface area contributed by atoms with Gasteiger partial charge in [0.05, 0.1) is 16.8 Å². The summed E-state index contributed by atoms with van der Waals surface area (Å²) in [6.07, 6.45) is -4.22. The molecule has 33 heavy (non-hydrogen) atoms. The Morgan fingerprint density at radius 2 is 1.61 bits per heavy atom. The van der Waals surface area contributed by atoms with Crippen LogP contribution in [0.1, 0.15) is 92.9 Å². The van der Waals surface area contributed by atoms with Crippen molar-refractivity contribution in [1.82, 2.24) is 5.16 Å². The Labute approximate surface area is 189 Å². The molecule has 2 aromatic rings. The van der Waals surface area contributed by atoms with Crippen LogP contribution in [0.3, 0.4) is 0 Å². The number of carbonyl (C=O) groups is 1. The molecule has 2 atom stereocenters. The lowest BCUT2D eigenvalue weighted by molar-refractivity contribution is -0.162. The van der Waals surface area contributed by atoms with E-state index in [0.717, 1.165) is 24.6 Å². The van der Waals surface area contributed by atoms with Crippen molar-refractivity contribution in [1.29, 1.82) is 0 Å². The number of hydrogen-bond donors (Lipinski definition) is 1. The SMILES string of the molecule is CC(=O)c1ccc(C(F)(F)F)c(C(F)(F)F)c1.CCCC(CCC(C)CC)c1cc(N)on1. The fourth-order valence-electron chi connectivity index (χ4n) is 3.22. The van der Waals surface area contributed by atoms with E-state index in [-0.39, 0.29) is 12.1 Å². The second kappa shape index (κ2) is 12.1. The van der Waals surface area contributed by atoms with Crippen LogP contribution in [-0.4, -0.2) is 10.9 Å². The van der Waals surface area contributed by atoms with E-state index in [9.17, 15) is 31.1 Å². The molecule has 0 radical (unpaired) electrons. The number of nitrogens with zero attached hydrogens (tertiary/aromatic N) is 1. The zero-order chi connectivity index (χ0) is 25.4. The standard InChI is InChI=1S/C13H24N2O.C10H6F6O/c1-4-6-11(8-7-10(3)5-2)12-9-13(14)16-15-12;1-5(17)6-2-3-7(9(11,12)13)8(4-6)10(14,15)16/h9-11H,4-8,14H2,1-3H3;2-4H,1H3. The Balaban J connectivity index is 0.000000331. The zero-order valence-electron chi connectivity index (χ0n) is 19.1. The molecule has 0 aliphatic heterocycles. The van der Waals surface area contributed by atoms with E-state index >= 15 is 0 Å². The molecule has 0 saturated heterocycles. The molecule has 0 aliphatic carbocycles. The average Bonchev–Trinajstić information content (AvgIpc) is 3.15. The lowest BCUT2D eigenvalue weighted by Gasteiger charge is -2.15. The zero-order valence-corrected chi connectivity index (χ0v) is 19.1. The van der Waals surface area contributed by atoms with E-state index in [4.69, 9.17) is 10.3 Å². The van der Waals surface area contributed by atoms with Crippen molar-refractivity contribution in [3.63, 3.8) is 0 Å². The monoisotopic (exact) mass is 480 g/mol. The summed E-state index contributed by atoms with van der Waals surface area (Å²) < 4.78 is 79.2. The van der Waals surface area contributed by atoms with Crippen molar-refractivity contribution in [2.45, 2.75) is 78.1 Å². The van der Waals surface area contributed by atoms with Gasteiger partial charge in [-0.15, -0.1) is 0 Å². The van der Waals surface area contributed by atoms with Gasteiger partial charge in [0.25, 0.3) is 0 Å². The highest BCUT2D eigenvalue weighted by atomic mass is 19.4. The maximum absolute atomic E-state index is 12.4. The minimum atomic E-state index is -5.16. The minimum absolute atomic E-state index is 0.213. The molecule has 1 aromatic heterocycles. The third-order valence-corrected chi connectivity index (χ3v) is 5.34. The van der Waals surface area contributed by atoms with Crippen molar-refractivity contribution in [2.75, 3.05) is 5.73 Å². The van der Waals surface area contributed by atoms with Crippen LogP contribution in [-0.2, 0) is 12.4 Å². The predicted octanol–water partition coefficient (Wildman–Crippen LogP) is 7.89. The van der Waals surface area contributed by atoms with Crippen molar-refractivity contribution >= 4 is 11.7 Å². The van der Waals surface area contributed by atoms with Crippen LogP contribution in [0.25, 0.3) is 0 Å². The second-order valence-electron chi connectivity index (χ2n) is 8.04. The maximum atomic E-state index is 12.4. The van der Waals surface area contributed by atoms with Crippen molar-refractivity contribution in [3.05, 3.63) is 46.6 Å². The van der Waals surface area contributed by atoms with Gasteiger partial charge >= 0.3 is 12.4 Å². The van der Waals surface area contributed by atoms with Crippen LogP contribution >= 0.6 is 0 Å². The molecule has 186 valence electrons. The summed E-state index contributed by atoms with van der Waals surface area (Å²) in [6, 6.07) is 3.07. The van der Waals surface area contributed by atoms with Gasteiger partial charge in [-0.25, -0.2) is 0 Å². The van der Waals surface area contributed by atoms with Crippen molar-refractivity contribution < 1.29 is 35.7 Å². The van der Waals surface area contributed by atoms with Gasteiger partial charge in [0.15, 0.2) is 5.78 Å². The molecule has 0 fully saturated rings. The summed E-state index contributed by atoms with van der Waals surface area (Å²) in [5.41, 5.74) is 2.54. The molecule has 0 bridgehead atoms. The molecule has 0 spiro atoms. The first-order chi connectivity index (χ1) is 15.2. The first-order valence-electron chi connectivity index (χ1n) is 10.7. The van der Waals surface area contributed by atoms with E-state index in [2.05, 4.69) is 25.9 Å². The van der Waals surface area contributed by atoms with E-state index in [1.807, 2.05) is 6.07 Å². The summed E-state index contributed by atoms with van der Waals surface area (Å²) in [7, 11) is 0. The number of ketones is 1. The first-order valence-corrected chi connectivity index (χ1v) is 10.7. The Morgan fingerprint density at radius 1 is 1.00 bits per heavy atom. The van der Waals surface area contributed by atoms with E-state index < -0.39 is 34.8 Å². The maximum Gasteiger partial charge on any atom is 0.417 e. The van der Waals surface area contributed by atoms with Gasteiger partial charge in [-0.05, 0) is 37.8 Å². The summed E-state index contributed by atoms with van der Waals surface area (Å²) in [4.78, 5) is 10.8. The van der Waals surface area contributed by atoms with Crippen LogP contribution in [0.2, 0.25) is 0 Å². The van der Waals surface area contributed by atoms with Gasteiger partial charge in [0, 0.05) is 17.5 Å². The van der Waals surface area contributed by atoms with Crippen LogP contribution in [0.4, 0.5) is 32.2 Å². The van der Waals surface area contributed by atoms with Gasteiger partial charge in [-0.1, -0.05) is 51.3 Å². The minimum Gasteiger partial charge on any atom is -0.368 e. The third kappa shape index (κ3) is 9.09. The van der Waals surface area contributed by atoms with Crippen LogP contribution < -0.4 is 5.73 Å². The Kier molecular flexibility index (Phi) is 10.4. The number of rotatable bonds is 8. The summed E-state index contributed by atoms with van der Waals surface area (Å²) >= 11 is 0. The van der Waals surface area contributed by atoms with Gasteiger partial charge in [-0.2, -0.15) is 26.3 Å². The molecule has 4 nitrogen and oxygen atoms in total. The number of anilines is 1. The number of hydrogen-bond acceptors (Lipinski definition) is 4. The molecule has 2 N–H and O–H groups in total. The number of benzene rings is 1. The van der Waals surface area contributed by atoms with Crippen molar-refractivity contribution in [2.24, 2.45) is 5.92 Å². The topological polar surface area (TPSA) is 69.1 Å². The highest BCUT2D eigenvalue weighted by Gasteiger charge is 2.43. The molecular formula is C23H30F6N2O2. The van der Waals surface area contributed by atoms with Gasteiger partial charge < -0.3 is 10.3 Å². The lowest BCUT2D eigenvalue weighted by Crippen LogP contribution is -2.17.